The number of rotatable bonds is 2. The molecule has 5 heteroatoms. The molecule has 0 fully saturated rings. The molecule has 1 aromatic heterocycles. The number of para-hydroxylation sites is 1. The lowest BCUT2D eigenvalue weighted by Crippen LogP contribution is -2.22. The van der Waals surface area contributed by atoms with E-state index in [0.717, 1.165) is 34.8 Å². The van der Waals surface area contributed by atoms with Crippen molar-refractivity contribution >= 4 is 33.3 Å². The van der Waals surface area contributed by atoms with Gasteiger partial charge in [-0.1, -0.05) is 24.3 Å². The minimum absolute atomic E-state index is 0.182. The number of amides is 1. The number of hydrogen-bond donors (Lipinski definition) is 3. The Hall–Kier alpha value is -2.66. The molecule has 4 nitrogen and oxygen atoms in total. The number of hydrogen-bond acceptors (Lipinski definition) is 2. The van der Waals surface area contributed by atoms with Gasteiger partial charge in [-0.25, -0.2) is 4.39 Å². The zero-order valence-corrected chi connectivity index (χ0v) is 12.4. The molecule has 0 spiro atoms. The second kappa shape index (κ2) is 5.21. The van der Waals surface area contributed by atoms with Gasteiger partial charge in [-0.3, -0.25) is 4.79 Å². The zero-order chi connectivity index (χ0) is 16.0. The number of fused-ring (bicyclic) bond motifs is 3. The summed E-state index contributed by atoms with van der Waals surface area (Å²) in [6, 6.07) is 8.89. The van der Waals surface area contributed by atoms with Gasteiger partial charge in [0.1, 0.15) is 5.82 Å². The van der Waals surface area contributed by atoms with Crippen LogP contribution in [0, 0.1) is 5.82 Å². The summed E-state index contributed by atoms with van der Waals surface area (Å²) in [7, 11) is 0. The highest BCUT2D eigenvalue weighted by Gasteiger charge is 2.22. The van der Waals surface area contributed by atoms with Gasteiger partial charge in [0.2, 0.25) is 0 Å². The first-order chi connectivity index (χ1) is 11.2. The van der Waals surface area contributed by atoms with E-state index in [9.17, 15) is 9.18 Å². The minimum atomic E-state index is -0.636. The second-order valence-electron chi connectivity index (χ2n) is 5.76. The highest BCUT2D eigenvalue weighted by Crippen LogP contribution is 2.36. The van der Waals surface area contributed by atoms with Crippen LogP contribution in [-0.2, 0) is 0 Å². The maximum absolute atomic E-state index is 14.8. The van der Waals surface area contributed by atoms with Crippen LogP contribution in [0.3, 0.4) is 0 Å². The third kappa shape index (κ3) is 2.12. The first-order valence-corrected chi connectivity index (χ1v) is 7.59. The van der Waals surface area contributed by atoms with Gasteiger partial charge < -0.3 is 16.0 Å². The summed E-state index contributed by atoms with van der Waals surface area (Å²) in [5, 5.41) is 4.89. The Kier molecular flexibility index (Phi) is 3.16. The lowest BCUT2D eigenvalue weighted by molar-refractivity contribution is 0.100. The van der Waals surface area contributed by atoms with Crippen LogP contribution >= 0.6 is 0 Å². The Labute approximate surface area is 132 Å². The van der Waals surface area contributed by atoms with E-state index < -0.39 is 11.7 Å². The fourth-order valence-corrected chi connectivity index (χ4v) is 3.34. The lowest BCUT2D eigenvalue weighted by Gasteiger charge is -2.17. The van der Waals surface area contributed by atoms with Crippen molar-refractivity contribution < 1.29 is 9.18 Å². The Balaban J connectivity index is 2.17. The van der Waals surface area contributed by atoms with E-state index in [-0.39, 0.29) is 5.56 Å². The van der Waals surface area contributed by atoms with Crippen LogP contribution in [0.2, 0.25) is 0 Å². The highest BCUT2D eigenvalue weighted by atomic mass is 19.1. The lowest BCUT2D eigenvalue weighted by atomic mass is 9.94. The van der Waals surface area contributed by atoms with Crippen molar-refractivity contribution in [2.45, 2.75) is 6.42 Å². The topological polar surface area (TPSA) is 70.9 Å². The van der Waals surface area contributed by atoms with Gasteiger partial charge in [0.25, 0.3) is 5.91 Å². The summed E-state index contributed by atoms with van der Waals surface area (Å²) in [5.41, 5.74) is 8.56. The van der Waals surface area contributed by atoms with Gasteiger partial charge in [0.05, 0.1) is 11.1 Å². The molecule has 0 saturated carbocycles. The normalized spacial score (nSPS) is 15.1. The predicted octanol–water partition coefficient (Wildman–Crippen LogP) is 2.94. The number of nitrogens with one attached hydrogen (secondary N) is 2. The van der Waals surface area contributed by atoms with E-state index in [4.69, 9.17) is 5.73 Å². The number of aromatic nitrogens is 1. The van der Waals surface area contributed by atoms with E-state index in [0.29, 0.717) is 17.6 Å². The molecule has 3 aromatic rings. The molecule has 2 aromatic carbocycles. The Morgan fingerprint density at radius 2 is 2.09 bits per heavy atom. The van der Waals surface area contributed by atoms with Crippen LogP contribution in [-0.4, -0.2) is 24.0 Å². The van der Waals surface area contributed by atoms with E-state index in [1.165, 1.54) is 6.07 Å². The van der Waals surface area contributed by atoms with E-state index in [1.54, 1.807) is 0 Å². The summed E-state index contributed by atoms with van der Waals surface area (Å²) in [4.78, 5) is 15.0. The van der Waals surface area contributed by atoms with Crippen molar-refractivity contribution in [2.24, 2.45) is 5.73 Å². The number of carbonyl (C=O) groups is 1. The van der Waals surface area contributed by atoms with Gasteiger partial charge in [-0.15, -0.1) is 0 Å². The van der Waals surface area contributed by atoms with Crippen molar-refractivity contribution in [1.29, 1.82) is 0 Å². The summed E-state index contributed by atoms with van der Waals surface area (Å²) in [6.07, 6.45) is 2.91. The van der Waals surface area contributed by atoms with Crippen molar-refractivity contribution in [3.63, 3.8) is 0 Å². The third-order valence-corrected chi connectivity index (χ3v) is 4.35. The van der Waals surface area contributed by atoms with Gasteiger partial charge in [-0.2, -0.15) is 0 Å². The fraction of sp³-hybridized carbons (Fsp3) is 0.167. The van der Waals surface area contributed by atoms with Crippen molar-refractivity contribution in [3.8, 4) is 0 Å². The first kappa shape index (κ1) is 14.0. The fourth-order valence-electron chi connectivity index (χ4n) is 3.34. The molecule has 1 aliphatic rings. The Morgan fingerprint density at radius 1 is 1.26 bits per heavy atom. The molecule has 0 saturated heterocycles. The van der Waals surface area contributed by atoms with Crippen LogP contribution in [0.25, 0.3) is 27.4 Å². The molecule has 0 unspecified atom stereocenters. The van der Waals surface area contributed by atoms with Crippen LogP contribution < -0.4 is 11.1 Å². The molecule has 1 amide bonds. The van der Waals surface area contributed by atoms with Crippen molar-refractivity contribution in [3.05, 3.63) is 53.4 Å². The molecule has 4 N–H and O–H groups in total. The van der Waals surface area contributed by atoms with E-state index in [2.05, 4.69) is 16.4 Å². The average molecular weight is 309 g/mol. The summed E-state index contributed by atoms with van der Waals surface area (Å²) in [5.74, 6) is -1.05. The van der Waals surface area contributed by atoms with Gasteiger partial charge in [0, 0.05) is 28.4 Å². The molecule has 0 atom stereocenters. The maximum atomic E-state index is 14.8. The molecule has 0 bridgehead atoms. The van der Waals surface area contributed by atoms with Crippen LogP contribution in [0.5, 0.6) is 0 Å². The number of carbonyl (C=O) groups excluding carboxylic acids is 1. The predicted molar refractivity (Wildman–Crippen MR) is 89.7 cm³/mol. The summed E-state index contributed by atoms with van der Waals surface area (Å²) >= 11 is 0. The van der Waals surface area contributed by atoms with Crippen LogP contribution in [0.4, 0.5) is 4.39 Å². The number of halogens is 1. The summed E-state index contributed by atoms with van der Waals surface area (Å²) < 4.78 is 14.8. The molecule has 2 heterocycles. The first-order valence-electron chi connectivity index (χ1n) is 7.59. The van der Waals surface area contributed by atoms with Crippen LogP contribution in [0.15, 0.2) is 36.4 Å². The van der Waals surface area contributed by atoms with Gasteiger partial charge >= 0.3 is 0 Å². The quantitative estimate of drug-likeness (QED) is 0.681. The largest absolute Gasteiger partial charge is 0.366 e. The van der Waals surface area contributed by atoms with E-state index >= 15 is 0 Å². The Bertz CT molecular complexity index is 971. The molecule has 0 radical (unpaired) electrons. The molecule has 23 heavy (non-hydrogen) atoms. The van der Waals surface area contributed by atoms with Crippen molar-refractivity contribution in [1.82, 2.24) is 10.3 Å². The van der Waals surface area contributed by atoms with Crippen molar-refractivity contribution in [2.75, 3.05) is 13.1 Å². The zero-order valence-electron chi connectivity index (χ0n) is 12.4. The van der Waals surface area contributed by atoms with Gasteiger partial charge in [0.15, 0.2) is 0 Å². The van der Waals surface area contributed by atoms with E-state index in [1.807, 2.05) is 24.3 Å². The smallest absolute Gasteiger partial charge is 0.250 e. The maximum Gasteiger partial charge on any atom is 0.250 e. The van der Waals surface area contributed by atoms with Crippen LogP contribution in [0.1, 0.15) is 22.3 Å². The standard InChI is InChI=1S/C18H16FN3O/c19-13-8-12(18(20)23)17-16(11-5-1-2-6-14(11)22-17)15(13)10-4-3-7-21-9-10/h1-2,4-6,8,21-22H,3,7,9H2,(H2,20,23). The highest BCUT2D eigenvalue weighted by molar-refractivity contribution is 6.18. The number of aromatic amines is 1. The molecule has 4 rings (SSSR count). The Morgan fingerprint density at radius 3 is 2.83 bits per heavy atom. The summed E-state index contributed by atoms with van der Waals surface area (Å²) in [6.45, 7) is 1.50. The van der Waals surface area contributed by atoms with Gasteiger partial charge in [-0.05, 0) is 30.7 Å². The number of primary amides is 1. The number of benzene rings is 2. The molecular weight excluding hydrogens is 293 g/mol. The number of H-pyrrole nitrogens is 1. The SMILES string of the molecule is NC(=O)c1cc(F)c(C2=CCCNC2)c2c1[nH]c1ccccc12. The minimum Gasteiger partial charge on any atom is -0.366 e. The number of nitrogens with two attached hydrogens (primary N) is 1. The monoisotopic (exact) mass is 309 g/mol. The molecule has 116 valence electrons. The second-order valence-corrected chi connectivity index (χ2v) is 5.76. The molecular formula is C18H16FN3O. The third-order valence-electron chi connectivity index (χ3n) is 4.35. The molecule has 1 aliphatic heterocycles. The average Bonchev–Trinajstić information content (AvgIpc) is 2.94. The molecule has 0 aliphatic carbocycles.